The molecule has 0 aromatic carbocycles. The van der Waals surface area contributed by atoms with Gasteiger partial charge in [0.1, 0.15) is 0 Å². The van der Waals surface area contributed by atoms with Crippen molar-refractivity contribution in [1.82, 2.24) is 4.98 Å². The molecule has 0 saturated heterocycles. The van der Waals surface area contributed by atoms with E-state index in [4.69, 9.17) is 16.3 Å². The summed E-state index contributed by atoms with van der Waals surface area (Å²) >= 11 is 5.76. The van der Waals surface area contributed by atoms with E-state index in [1.54, 1.807) is 6.07 Å². The van der Waals surface area contributed by atoms with Crippen LogP contribution < -0.4 is 0 Å². The van der Waals surface area contributed by atoms with Crippen LogP contribution in [0.15, 0.2) is 18.5 Å². The number of hydrogen-bond acceptors (Lipinski definition) is 3. The highest BCUT2D eigenvalue weighted by atomic mass is 35.5. The molecule has 0 saturated carbocycles. The molecule has 1 aromatic heterocycles. The molecule has 1 rings (SSSR count). The number of rotatable bonds is 3. The van der Waals surface area contributed by atoms with E-state index < -0.39 is 5.97 Å². The smallest absolute Gasteiger partial charge is 0.341 e. The van der Waals surface area contributed by atoms with Gasteiger partial charge in [0.2, 0.25) is 0 Å². The van der Waals surface area contributed by atoms with E-state index in [0.29, 0.717) is 17.2 Å². The van der Waals surface area contributed by atoms with Crippen LogP contribution in [0.4, 0.5) is 0 Å². The maximum atomic E-state index is 11.3. The average Bonchev–Trinajstić information content (AvgIpc) is 2.15. The van der Waals surface area contributed by atoms with E-state index in [9.17, 15) is 4.79 Å². The Balaban J connectivity index is 2.71. The van der Waals surface area contributed by atoms with Crippen LogP contribution >= 0.6 is 11.6 Å². The van der Waals surface area contributed by atoms with Gasteiger partial charge in [-0.1, -0.05) is 18.5 Å². The highest BCUT2D eigenvalue weighted by Crippen LogP contribution is 2.14. The number of nitrogens with zero attached hydrogens (tertiary/aromatic N) is 1. The molecule has 0 bridgehead atoms. The molecule has 0 aliphatic rings. The number of carbonyl (C=O) groups is 1. The Morgan fingerprint density at radius 1 is 1.69 bits per heavy atom. The predicted molar refractivity (Wildman–Crippen MR) is 49.8 cm³/mol. The lowest BCUT2D eigenvalue weighted by atomic mass is 10.3. The van der Waals surface area contributed by atoms with Gasteiger partial charge in [-0.2, -0.15) is 0 Å². The van der Waals surface area contributed by atoms with Crippen molar-refractivity contribution in [2.75, 3.05) is 6.61 Å². The number of ether oxygens (including phenoxy) is 1. The molecule has 0 amide bonds. The molecular formula is C9H10ClNO2. The Morgan fingerprint density at radius 2 is 2.46 bits per heavy atom. The van der Waals surface area contributed by atoms with E-state index in [2.05, 4.69) is 4.98 Å². The fourth-order valence-corrected chi connectivity index (χ4v) is 0.982. The summed E-state index contributed by atoms with van der Waals surface area (Å²) in [7, 11) is 0. The minimum absolute atomic E-state index is 0.317. The van der Waals surface area contributed by atoms with Crippen molar-refractivity contribution < 1.29 is 9.53 Å². The van der Waals surface area contributed by atoms with Crippen molar-refractivity contribution in [3.05, 3.63) is 29.0 Å². The Kier molecular flexibility index (Phi) is 3.71. The standard InChI is InChI=1S/C9H10ClNO2/c1-2-5-13-9(12)7-6-11-4-3-8(7)10/h3-4,6H,2,5H2,1H3. The van der Waals surface area contributed by atoms with Gasteiger partial charge in [-0.05, 0) is 12.5 Å². The predicted octanol–water partition coefficient (Wildman–Crippen LogP) is 2.30. The molecule has 4 heteroatoms. The van der Waals surface area contributed by atoms with Crippen LogP contribution in [0.2, 0.25) is 5.02 Å². The number of hydrogen-bond donors (Lipinski definition) is 0. The van der Waals surface area contributed by atoms with Gasteiger partial charge in [0.05, 0.1) is 17.2 Å². The molecule has 0 spiro atoms. The average molecular weight is 200 g/mol. The molecule has 70 valence electrons. The largest absolute Gasteiger partial charge is 0.462 e. The van der Waals surface area contributed by atoms with Crippen molar-refractivity contribution in [3.63, 3.8) is 0 Å². The SMILES string of the molecule is CCCOC(=O)c1cnccc1Cl. The molecule has 0 aliphatic heterocycles. The Morgan fingerprint density at radius 3 is 3.08 bits per heavy atom. The van der Waals surface area contributed by atoms with Gasteiger partial charge in [0, 0.05) is 12.4 Å². The van der Waals surface area contributed by atoms with Gasteiger partial charge in [0.15, 0.2) is 0 Å². The molecular weight excluding hydrogens is 190 g/mol. The van der Waals surface area contributed by atoms with E-state index in [-0.39, 0.29) is 0 Å². The first-order chi connectivity index (χ1) is 6.25. The minimum Gasteiger partial charge on any atom is -0.462 e. The van der Waals surface area contributed by atoms with Crippen molar-refractivity contribution in [1.29, 1.82) is 0 Å². The quantitative estimate of drug-likeness (QED) is 0.702. The second kappa shape index (κ2) is 4.82. The normalized spacial score (nSPS) is 9.69. The van der Waals surface area contributed by atoms with Crippen LogP contribution in [-0.2, 0) is 4.74 Å². The third kappa shape index (κ3) is 2.70. The van der Waals surface area contributed by atoms with Crippen molar-refractivity contribution >= 4 is 17.6 Å². The highest BCUT2D eigenvalue weighted by molar-refractivity contribution is 6.33. The molecule has 1 heterocycles. The summed E-state index contributed by atoms with van der Waals surface area (Å²) < 4.78 is 4.89. The topological polar surface area (TPSA) is 39.2 Å². The zero-order valence-electron chi connectivity index (χ0n) is 7.29. The van der Waals surface area contributed by atoms with Gasteiger partial charge in [-0.3, -0.25) is 4.98 Å². The Hall–Kier alpha value is -1.09. The monoisotopic (exact) mass is 199 g/mol. The number of halogens is 1. The molecule has 3 nitrogen and oxygen atoms in total. The van der Waals surface area contributed by atoms with E-state index >= 15 is 0 Å². The summed E-state index contributed by atoms with van der Waals surface area (Å²) in [6.45, 7) is 2.34. The lowest BCUT2D eigenvalue weighted by Gasteiger charge is -2.03. The highest BCUT2D eigenvalue weighted by Gasteiger charge is 2.10. The molecule has 0 unspecified atom stereocenters. The Labute approximate surface area is 81.7 Å². The molecule has 0 N–H and O–H groups in total. The lowest BCUT2D eigenvalue weighted by Crippen LogP contribution is -2.06. The van der Waals surface area contributed by atoms with Crippen molar-refractivity contribution in [2.45, 2.75) is 13.3 Å². The van der Waals surface area contributed by atoms with Crippen LogP contribution in [0.3, 0.4) is 0 Å². The van der Waals surface area contributed by atoms with E-state index in [1.165, 1.54) is 12.4 Å². The van der Waals surface area contributed by atoms with Gasteiger partial charge in [-0.25, -0.2) is 4.79 Å². The summed E-state index contributed by atoms with van der Waals surface area (Å²) in [5.41, 5.74) is 0.317. The summed E-state index contributed by atoms with van der Waals surface area (Å²) in [5, 5.41) is 0.371. The zero-order chi connectivity index (χ0) is 9.68. The van der Waals surface area contributed by atoms with Gasteiger partial charge >= 0.3 is 5.97 Å². The maximum Gasteiger partial charge on any atom is 0.341 e. The van der Waals surface area contributed by atoms with E-state index in [1.807, 2.05) is 6.92 Å². The minimum atomic E-state index is -0.417. The van der Waals surface area contributed by atoms with Crippen molar-refractivity contribution in [3.8, 4) is 0 Å². The fraction of sp³-hybridized carbons (Fsp3) is 0.333. The van der Waals surface area contributed by atoms with Crippen LogP contribution in [0.1, 0.15) is 23.7 Å². The fourth-order valence-electron chi connectivity index (χ4n) is 0.800. The second-order valence-corrected chi connectivity index (χ2v) is 2.90. The molecule has 1 aromatic rings. The second-order valence-electron chi connectivity index (χ2n) is 2.49. The summed E-state index contributed by atoms with van der Waals surface area (Å²) in [6, 6.07) is 1.56. The lowest BCUT2D eigenvalue weighted by molar-refractivity contribution is 0.0505. The molecule has 13 heavy (non-hydrogen) atoms. The van der Waals surface area contributed by atoms with Crippen LogP contribution in [0.25, 0.3) is 0 Å². The number of esters is 1. The van der Waals surface area contributed by atoms with Gasteiger partial charge in [0.25, 0.3) is 0 Å². The number of aromatic nitrogens is 1. The molecule has 0 aliphatic carbocycles. The summed E-state index contributed by atoms with van der Waals surface area (Å²) in [5.74, 6) is -0.417. The maximum absolute atomic E-state index is 11.3. The molecule has 0 radical (unpaired) electrons. The number of pyridine rings is 1. The van der Waals surface area contributed by atoms with Gasteiger partial charge in [-0.15, -0.1) is 0 Å². The van der Waals surface area contributed by atoms with Crippen LogP contribution in [0.5, 0.6) is 0 Å². The molecule has 0 atom stereocenters. The summed E-state index contributed by atoms with van der Waals surface area (Å²) in [4.78, 5) is 15.1. The first-order valence-corrected chi connectivity index (χ1v) is 4.40. The van der Waals surface area contributed by atoms with Crippen molar-refractivity contribution in [2.24, 2.45) is 0 Å². The van der Waals surface area contributed by atoms with Crippen LogP contribution in [-0.4, -0.2) is 17.6 Å². The first-order valence-electron chi connectivity index (χ1n) is 4.02. The van der Waals surface area contributed by atoms with Gasteiger partial charge < -0.3 is 4.74 Å². The zero-order valence-corrected chi connectivity index (χ0v) is 8.04. The number of carbonyl (C=O) groups excluding carboxylic acids is 1. The van der Waals surface area contributed by atoms with E-state index in [0.717, 1.165) is 6.42 Å². The molecule has 0 fully saturated rings. The summed E-state index contributed by atoms with van der Waals surface area (Å²) in [6.07, 6.45) is 3.73. The third-order valence-electron chi connectivity index (χ3n) is 1.43. The van der Waals surface area contributed by atoms with Crippen LogP contribution in [0, 0.1) is 0 Å². The Bertz CT molecular complexity index is 301. The first kappa shape index (κ1) is 9.99. The third-order valence-corrected chi connectivity index (χ3v) is 1.75.